The number of hydrogen-bond donors (Lipinski definition) is 1. The van der Waals surface area contributed by atoms with Gasteiger partial charge in [0, 0.05) is 0 Å². The van der Waals surface area contributed by atoms with E-state index >= 15 is 0 Å². The number of para-hydroxylation sites is 1. The predicted molar refractivity (Wildman–Crippen MR) is 111 cm³/mol. The van der Waals surface area contributed by atoms with Gasteiger partial charge in [0.2, 0.25) is 15.9 Å². The van der Waals surface area contributed by atoms with Gasteiger partial charge in [-0.15, -0.1) is 0 Å². The van der Waals surface area contributed by atoms with Gasteiger partial charge >= 0.3 is 5.97 Å². The van der Waals surface area contributed by atoms with Gasteiger partial charge in [0.05, 0.1) is 42.4 Å². The number of nitrogens with one attached hydrogen (secondary N) is 1. The van der Waals surface area contributed by atoms with Crippen molar-refractivity contribution in [3.63, 3.8) is 0 Å². The lowest BCUT2D eigenvalue weighted by atomic mass is 10.1. The zero-order valence-electron chi connectivity index (χ0n) is 16.3. The molecule has 2 aromatic rings. The smallest absolute Gasteiger partial charge is 0.339 e. The molecule has 1 N–H and O–H groups in total. The zero-order valence-corrected chi connectivity index (χ0v) is 17.9. The first-order valence-corrected chi connectivity index (χ1v) is 10.6. The Kier molecular flexibility index (Phi) is 7.10. The monoisotopic (exact) mass is 440 g/mol. The standard InChI is InChI=1S/C19H21ClN2O6S/c1-12(18(23)21-16-8-6-5-7-14(16)19(24)28-3)22(29(4,25)26)13-9-10-17(27-2)15(20)11-13/h5-12H,1-4H3,(H,21,23)/t12-/m0/s1. The summed E-state index contributed by atoms with van der Waals surface area (Å²) in [6.45, 7) is 1.43. The number of nitrogens with zero attached hydrogens (tertiary/aromatic N) is 1. The Morgan fingerprint density at radius 2 is 1.79 bits per heavy atom. The Hall–Kier alpha value is -2.78. The van der Waals surface area contributed by atoms with E-state index in [1.807, 2.05) is 0 Å². The molecule has 2 aromatic carbocycles. The number of sulfonamides is 1. The first-order valence-electron chi connectivity index (χ1n) is 8.41. The number of anilines is 2. The number of hydrogen-bond acceptors (Lipinski definition) is 6. The van der Waals surface area contributed by atoms with Crippen LogP contribution < -0.4 is 14.4 Å². The molecule has 0 aliphatic carbocycles. The van der Waals surface area contributed by atoms with E-state index in [1.54, 1.807) is 12.1 Å². The van der Waals surface area contributed by atoms with Gasteiger partial charge in [-0.3, -0.25) is 9.10 Å². The number of rotatable bonds is 7. The van der Waals surface area contributed by atoms with E-state index in [2.05, 4.69) is 5.32 Å². The third kappa shape index (κ3) is 5.18. The summed E-state index contributed by atoms with van der Waals surface area (Å²) < 4.78 is 35.5. The van der Waals surface area contributed by atoms with E-state index in [1.165, 1.54) is 51.5 Å². The van der Waals surface area contributed by atoms with Gasteiger partial charge in [0.25, 0.3) is 0 Å². The number of carbonyl (C=O) groups excluding carboxylic acids is 2. The number of methoxy groups -OCH3 is 2. The molecule has 0 aliphatic heterocycles. The molecule has 0 bridgehead atoms. The van der Waals surface area contributed by atoms with Crippen LogP contribution in [0.5, 0.6) is 5.75 Å². The van der Waals surface area contributed by atoms with E-state index in [0.717, 1.165) is 10.6 Å². The molecule has 29 heavy (non-hydrogen) atoms. The van der Waals surface area contributed by atoms with Crippen LogP contribution in [0.1, 0.15) is 17.3 Å². The average Bonchev–Trinajstić information content (AvgIpc) is 2.67. The molecule has 2 rings (SSSR count). The van der Waals surface area contributed by atoms with E-state index in [-0.39, 0.29) is 22.0 Å². The molecule has 8 nitrogen and oxygen atoms in total. The van der Waals surface area contributed by atoms with Crippen LogP contribution in [0, 0.1) is 0 Å². The van der Waals surface area contributed by atoms with Gasteiger partial charge in [0.15, 0.2) is 0 Å². The lowest BCUT2D eigenvalue weighted by Gasteiger charge is -2.28. The molecule has 0 unspecified atom stereocenters. The van der Waals surface area contributed by atoms with Crippen LogP contribution in [0.4, 0.5) is 11.4 Å². The van der Waals surface area contributed by atoms with E-state index in [0.29, 0.717) is 5.75 Å². The van der Waals surface area contributed by atoms with E-state index in [9.17, 15) is 18.0 Å². The minimum absolute atomic E-state index is 0.147. The minimum Gasteiger partial charge on any atom is -0.495 e. The van der Waals surface area contributed by atoms with Gasteiger partial charge in [-0.2, -0.15) is 0 Å². The van der Waals surface area contributed by atoms with Crippen LogP contribution in [0.3, 0.4) is 0 Å². The van der Waals surface area contributed by atoms with Crippen LogP contribution >= 0.6 is 11.6 Å². The molecule has 10 heteroatoms. The maximum Gasteiger partial charge on any atom is 0.339 e. The summed E-state index contributed by atoms with van der Waals surface area (Å²) >= 11 is 6.11. The molecule has 0 saturated carbocycles. The van der Waals surface area contributed by atoms with Gasteiger partial charge in [-0.25, -0.2) is 13.2 Å². The number of carbonyl (C=O) groups is 2. The van der Waals surface area contributed by atoms with Crippen LogP contribution in [0.25, 0.3) is 0 Å². The second-order valence-corrected chi connectivity index (χ2v) is 8.35. The molecular weight excluding hydrogens is 420 g/mol. The highest BCUT2D eigenvalue weighted by Crippen LogP contribution is 2.31. The number of esters is 1. The van der Waals surface area contributed by atoms with Crippen LogP contribution in [0.15, 0.2) is 42.5 Å². The van der Waals surface area contributed by atoms with E-state index < -0.39 is 27.9 Å². The molecule has 0 radical (unpaired) electrons. The SMILES string of the molecule is COC(=O)c1ccccc1NC(=O)[C@H](C)N(c1ccc(OC)c(Cl)c1)S(C)(=O)=O. The number of halogens is 1. The third-order valence-electron chi connectivity index (χ3n) is 4.07. The van der Waals surface area contributed by atoms with Gasteiger partial charge in [-0.1, -0.05) is 23.7 Å². The second-order valence-electron chi connectivity index (χ2n) is 6.08. The molecule has 156 valence electrons. The Labute approximate surface area is 174 Å². The highest BCUT2D eigenvalue weighted by molar-refractivity contribution is 7.92. The molecule has 1 atom stereocenters. The first-order chi connectivity index (χ1) is 13.6. The Morgan fingerprint density at radius 1 is 1.14 bits per heavy atom. The van der Waals surface area contributed by atoms with Crippen molar-refractivity contribution >= 4 is 44.9 Å². The Morgan fingerprint density at radius 3 is 2.34 bits per heavy atom. The van der Waals surface area contributed by atoms with Crippen molar-refractivity contribution in [3.8, 4) is 5.75 Å². The lowest BCUT2D eigenvalue weighted by Crippen LogP contribution is -2.45. The summed E-state index contributed by atoms with van der Waals surface area (Å²) in [7, 11) is -1.18. The summed E-state index contributed by atoms with van der Waals surface area (Å²) in [6.07, 6.45) is 0.983. The lowest BCUT2D eigenvalue weighted by molar-refractivity contribution is -0.116. The predicted octanol–water partition coefficient (Wildman–Crippen LogP) is 2.93. The number of amides is 1. The van der Waals surface area contributed by atoms with Gasteiger partial charge < -0.3 is 14.8 Å². The van der Waals surface area contributed by atoms with Crippen molar-refractivity contribution in [1.29, 1.82) is 0 Å². The molecule has 0 fully saturated rings. The topological polar surface area (TPSA) is 102 Å². The molecular formula is C19H21ClN2O6S. The van der Waals surface area contributed by atoms with Crippen LogP contribution in [0.2, 0.25) is 5.02 Å². The van der Waals surface area contributed by atoms with Crippen molar-refractivity contribution in [2.45, 2.75) is 13.0 Å². The average molecular weight is 441 g/mol. The molecule has 1 amide bonds. The maximum atomic E-state index is 12.8. The summed E-state index contributed by atoms with van der Waals surface area (Å²) in [5.41, 5.74) is 0.550. The highest BCUT2D eigenvalue weighted by Gasteiger charge is 2.30. The summed E-state index contributed by atoms with van der Waals surface area (Å²) in [4.78, 5) is 24.7. The van der Waals surface area contributed by atoms with Crippen LogP contribution in [-0.2, 0) is 19.6 Å². The van der Waals surface area contributed by atoms with Gasteiger partial charge in [-0.05, 0) is 37.3 Å². The maximum absolute atomic E-state index is 12.8. The molecule has 0 aromatic heterocycles. The third-order valence-corrected chi connectivity index (χ3v) is 5.61. The molecule has 0 saturated heterocycles. The van der Waals surface area contributed by atoms with Crippen molar-refractivity contribution in [1.82, 2.24) is 0 Å². The molecule has 0 spiro atoms. The summed E-state index contributed by atoms with van der Waals surface area (Å²) in [6, 6.07) is 9.51. The van der Waals surface area contributed by atoms with Crippen molar-refractivity contribution in [2.75, 3.05) is 30.1 Å². The van der Waals surface area contributed by atoms with Crippen molar-refractivity contribution < 1.29 is 27.5 Å². The Balaban J connectivity index is 2.38. The quantitative estimate of drug-likeness (QED) is 0.664. The highest BCUT2D eigenvalue weighted by atomic mass is 35.5. The van der Waals surface area contributed by atoms with Crippen molar-refractivity contribution in [2.24, 2.45) is 0 Å². The zero-order chi connectivity index (χ0) is 21.8. The Bertz CT molecular complexity index is 1030. The summed E-state index contributed by atoms with van der Waals surface area (Å²) in [5, 5.41) is 2.78. The fourth-order valence-corrected chi connectivity index (χ4v) is 4.14. The largest absolute Gasteiger partial charge is 0.495 e. The second kappa shape index (κ2) is 9.15. The minimum atomic E-state index is -3.84. The van der Waals surface area contributed by atoms with E-state index in [4.69, 9.17) is 21.1 Å². The van der Waals surface area contributed by atoms with Gasteiger partial charge in [0.1, 0.15) is 11.8 Å². The van der Waals surface area contributed by atoms with Crippen molar-refractivity contribution in [3.05, 3.63) is 53.1 Å². The normalized spacial score (nSPS) is 12.0. The number of ether oxygens (including phenoxy) is 2. The number of benzene rings is 2. The first kappa shape index (κ1) is 22.5. The summed E-state index contributed by atoms with van der Waals surface area (Å²) in [5.74, 6) is -0.901. The van der Waals surface area contributed by atoms with Crippen LogP contribution in [-0.4, -0.2) is 46.8 Å². The molecule has 0 heterocycles. The fraction of sp³-hybridized carbons (Fsp3) is 0.263. The molecule has 0 aliphatic rings. The fourth-order valence-electron chi connectivity index (χ4n) is 2.72.